The number of hydrogen-bond acceptors (Lipinski definition) is 3. The number of benzene rings is 1. The van der Waals surface area contributed by atoms with Crippen LogP contribution in [0.4, 0.5) is 0 Å². The molecule has 0 atom stereocenters. The van der Waals surface area contributed by atoms with Gasteiger partial charge in [0.25, 0.3) is 5.91 Å². The average Bonchev–Trinajstić information content (AvgIpc) is 3.04. The van der Waals surface area contributed by atoms with E-state index >= 15 is 0 Å². The van der Waals surface area contributed by atoms with Gasteiger partial charge in [-0.2, -0.15) is 0 Å². The maximum absolute atomic E-state index is 11.9. The molecule has 0 unspecified atom stereocenters. The SMILES string of the molecule is O=C1NC(c2cccs2)=N/C1=C/c1ccc(Cl)c(Cl)c1. The van der Waals surface area contributed by atoms with Gasteiger partial charge in [0.05, 0.1) is 14.9 Å². The zero-order valence-electron chi connectivity index (χ0n) is 10.1. The third-order valence-corrected chi connectivity index (χ3v) is 4.31. The Balaban J connectivity index is 1.95. The molecule has 1 aromatic carbocycles. The van der Waals surface area contributed by atoms with Crippen LogP contribution in [0.2, 0.25) is 10.0 Å². The van der Waals surface area contributed by atoms with E-state index in [0.29, 0.717) is 21.6 Å². The van der Waals surface area contributed by atoms with Gasteiger partial charge in [0.1, 0.15) is 5.70 Å². The molecule has 0 aliphatic carbocycles. The summed E-state index contributed by atoms with van der Waals surface area (Å²) in [6.45, 7) is 0. The Hall–Kier alpha value is -1.62. The number of nitrogens with one attached hydrogen (secondary N) is 1. The van der Waals surface area contributed by atoms with E-state index in [9.17, 15) is 4.79 Å². The van der Waals surface area contributed by atoms with Crippen LogP contribution in [0.15, 0.2) is 46.4 Å². The summed E-state index contributed by atoms with van der Waals surface area (Å²) in [4.78, 5) is 17.1. The highest BCUT2D eigenvalue weighted by Gasteiger charge is 2.21. The Morgan fingerprint density at radius 2 is 2.05 bits per heavy atom. The second kappa shape index (κ2) is 5.40. The first kappa shape index (κ1) is 13.4. The van der Waals surface area contributed by atoms with Crippen LogP contribution in [-0.2, 0) is 4.79 Å². The quantitative estimate of drug-likeness (QED) is 0.835. The summed E-state index contributed by atoms with van der Waals surface area (Å²) >= 11 is 13.3. The fourth-order valence-corrected chi connectivity index (χ4v) is 2.73. The topological polar surface area (TPSA) is 41.5 Å². The number of thiophene rings is 1. The summed E-state index contributed by atoms with van der Waals surface area (Å²) in [5.41, 5.74) is 1.13. The normalized spacial score (nSPS) is 16.4. The fourth-order valence-electron chi connectivity index (χ4n) is 1.76. The van der Waals surface area contributed by atoms with Crippen LogP contribution >= 0.6 is 34.5 Å². The molecule has 2 heterocycles. The number of hydrogen-bond donors (Lipinski definition) is 1. The van der Waals surface area contributed by atoms with Crippen molar-refractivity contribution in [1.29, 1.82) is 0 Å². The lowest BCUT2D eigenvalue weighted by atomic mass is 10.2. The molecule has 6 heteroatoms. The minimum absolute atomic E-state index is 0.223. The molecule has 100 valence electrons. The van der Waals surface area contributed by atoms with Gasteiger partial charge in [-0.15, -0.1) is 11.3 Å². The zero-order valence-corrected chi connectivity index (χ0v) is 12.4. The summed E-state index contributed by atoms with van der Waals surface area (Å²) in [6, 6.07) is 8.99. The van der Waals surface area contributed by atoms with Crippen LogP contribution in [-0.4, -0.2) is 11.7 Å². The first-order valence-electron chi connectivity index (χ1n) is 5.74. The minimum atomic E-state index is -0.223. The highest BCUT2D eigenvalue weighted by atomic mass is 35.5. The van der Waals surface area contributed by atoms with Gasteiger partial charge >= 0.3 is 0 Å². The molecule has 1 aliphatic rings. The second-order valence-electron chi connectivity index (χ2n) is 4.09. The minimum Gasteiger partial charge on any atom is -0.304 e. The summed E-state index contributed by atoms with van der Waals surface area (Å²) < 4.78 is 0. The van der Waals surface area contributed by atoms with Gasteiger partial charge in [0.2, 0.25) is 0 Å². The van der Waals surface area contributed by atoms with E-state index in [2.05, 4.69) is 10.3 Å². The smallest absolute Gasteiger partial charge is 0.275 e. The van der Waals surface area contributed by atoms with Gasteiger partial charge in [-0.05, 0) is 35.2 Å². The summed E-state index contributed by atoms with van der Waals surface area (Å²) in [7, 11) is 0. The predicted molar refractivity (Wildman–Crippen MR) is 83.4 cm³/mol. The van der Waals surface area contributed by atoms with Crippen molar-refractivity contribution >= 4 is 52.4 Å². The molecule has 0 fully saturated rings. The number of carbonyl (C=O) groups excluding carboxylic acids is 1. The molecule has 0 bridgehead atoms. The van der Waals surface area contributed by atoms with Crippen molar-refractivity contribution in [3.63, 3.8) is 0 Å². The summed E-state index contributed by atoms with van der Waals surface area (Å²) in [5.74, 6) is 0.357. The molecule has 0 saturated carbocycles. The largest absolute Gasteiger partial charge is 0.304 e. The molecule has 1 N–H and O–H groups in total. The monoisotopic (exact) mass is 322 g/mol. The molecule has 3 rings (SSSR count). The first-order valence-corrected chi connectivity index (χ1v) is 7.38. The fraction of sp³-hybridized carbons (Fsp3) is 0. The molecular weight excluding hydrogens is 315 g/mol. The van der Waals surface area contributed by atoms with Crippen LogP contribution in [0.25, 0.3) is 6.08 Å². The number of rotatable bonds is 2. The first-order chi connectivity index (χ1) is 9.63. The molecule has 0 saturated heterocycles. The van der Waals surface area contributed by atoms with Crippen molar-refractivity contribution in [1.82, 2.24) is 5.32 Å². The van der Waals surface area contributed by atoms with E-state index in [4.69, 9.17) is 23.2 Å². The summed E-state index contributed by atoms with van der Waals surface area (Å²) in [5, 5.41) is 5.61. The van der Waals surface area contributed by atoms with Crippen LogP contribution < -0.4 is 5.32 Å². The van der Waals surface area contributed by atoms with E-state index in [1.165, 1.54) is 11.3 Å². The Labute approximate surface area is 129 Å². The van der Waals surface area contributed by atoms with Crippen LogP contribution in [0.1, 0.15) is 10.4 Å². The number of aliphatic imine (C=N–C) groups is 1. The predicted octanol–water partition coefficient (Wildman–Crippen LogP) is 3.97. The third-order valence-electron chi connectivity index (χ3n) is 2.70. The van der Waals surface area contributed by atoms with Crippen molar-refractivity contribution in [2.45, 2.75) is 0 Å². The zero-order chi connectivity index (χ0) is 14.1. The molecule has 0 spiro atoms. The Morgan fingerprint density at radius 1 is 1.20 bits per heavy atom. The van der Waals surface area contributed by atoms with E-state index in [-0.39, 0.29) is 5.91 Å². The lowest BCUT2D eigenvalue weighted by molar-refractivity contribution is -0.115. The van der Waals surface area contributed by atoms with Gasteiger partial charge in [-0.1, -0.05) is 35.3 Å². The molecule has 20 heavy (non-hydrogen) atoms. The Bertz CT molecular complexity index is 736. The van der Waals surface area contributed by atoms with Crippen LogP contribution in [0.3, 0.4) is 0 Å². The van der Waals surface area contributed by atoms with Crippen molar-refractivity contribution in [3.05, 3.63) is 61.9 Å². The van der Waals surface area contributed by atoms with E-state index in [0.717, 1.165) is 10.4 Å². The van der Waals surface area contributed by atoms with E-state index < -0.39 is 0 Å². The standard InChI is InChI=1S/C14H8Cl2N2OS/c15-9-4-3-8(6-10(9)16)7-11-14(19)18-13(17-11)12-2-1-5-20-12/h1-7H,(H,17,18,19)/b11-7+. The van der Waals surface area contributed by atoms with Crippen LogP contribution in [0.5, 0.6) is 0 Å². The highest BCUT2D eigenvalue weighted by Crippen LogP contribution is 2.24. The van der Waals surface area contributed by atoms with Gasteiger partial charge in [0, 0.05) is 0 Å². The number of amides is 1. The second-order valence-corrected chi connectivity index (χ2v) is 5.86. The molecule has 1 aromatic heterocycles. The van der Waals surface area contributed by atoms with Gasteiger partial charge in [-0.3, -0.25) is 4.79 Å². The Morgan fingerprint density at radius 3 is 2.75 bits per heavy atom. The van der Waals surface area contributed by atoms with Gasteiger partial charge in [-0.25, -0.2) is 4.99 Å². The van der Waals surface area contributed by atoms with Crippen molar-refractivity contribution in [2.75, 3.05) is 0 Å². The van der Waals surface area contributed by atoms with E-state index in [1.807, 2.05) is 17.5 Å². The number of amidine groups is 1. The molecule has 2 aromatic rings. The number of carbonyl (C=O) groups is 1. The molecule has 1 amide bonds. The van der Waals surface area contributed by atoms with Crippen molar-refractivity contribution in [3.8, 4) is 0 Å². The van der Waals surface area contributed by atoms with Gasteiger partial charge < -0.3 is 5.32 Å². The summed E-state index contributed by atoms with van der Waals surface area (Å²) in [6.07, 6.45) is 1.68. The average molecular weight is 323 g/mol. The third kappa shape index (κ3) is 2.63. The van der Waals surface area contributed by atoms with Gasteiger partial charge in [0.15, 0.2) is 5.84 Å². The molecule has 1 aliphatic heterocycles. The van der Waals surface area contributed by atoms with Crippen molar-refractivity contribution < 1.29 is 4.79 Å². The number of nitrogens with zero attached hydrogens (tertiary/aromatic N) is 1. The lowest BCUT2D eigenvalue weighted by Gasteiger charge is -1.98. The lowest BCUT2D eigenvalue weighted by Crippen LogP contribution is -2.23. The van der Waals surface area contributed by atoms with E-state index in [1.54, 1.807) is 24.3 Å². The Kier molecular flexibility index (Phi) is 3.61. The highest BCUT2D eigenvalue weighted by molar-refractivity contribution is 7.12. The van der Waals surface area contributed by atoms with Crippen LogP contribution in [0, 0.1) is 0 Å². The maximum atomic E-state index is 11.9. The molecule has 0 radical (unpaired) electrons. The molecule has 3 nitrogen and oxygen atoms in total. The van der Waals surface area contributed by atoms with Crippen molar-refractivity contribution in [2.24, 2.45) is 4.99 Å². The molecular formula is C14H8Cl2N2OS. The number of halogens is 2. The maximum Gasteiger partial charge on any atom is 0.275 e.